The van der Waals surface area contributed by atoms with Crippen LogP contribution in [0.25, 0.3) is 5.69 Å². The van der Waals surface area contributed by atoms with Crippen LogP contribution in [0, 0.1) is 13.8 Å². The van der Waals surface area contributed by atoms with E-state index in [0.29, 0.717) is 17.9 Å². The zero-order valence-electron chi connectivity index (χ0n) is 15.5. The summed E-state index contributed by atoms with van der Waals surface area (Å²) in [4.78, 5) is 31.4. The third-order valence-electron chi connectivity index (χ3n) is 4.38. The van der Waals surface area contributed by atoms with Crippen LogP contribution in [0.15, 0.2) is 63.1 Å². The topological polar surface area (TPSA) is 87.4 Å². The summed E-state index contributed by atoms with van der Waals surface area (Å²) in [6.45, 7) is 5.80. The number of hydrogen-bond acceptors (Lipinski definition) is 4. The molecule has 0 atom stereocenters. The van der Waals surface area contributed by atoms with Crippen molar-refractivity contribution in [3.63, 3.8) is 0 Å². The van der Waals surface area contributed by atoms with Gasteiger partial charge >= 0.3 is 5.69 Å². The molecule has 1 aromatic heterocycles. The lowest BCUT2D eigenvalue weighted by atomic mass is 10.1. The molecule has 0 radical (unpaired) electrons. The van der Waals surface area contributed by atoms with Crippen molar-refractivity contribution in [2.75, 3.05) is 0 Å². The number of benzene rings is 2. The first-order valence-electron chi connectivity index (χ1n) is 8.59. The molecule has 3 aromatic rings. The van der Waals surface area contributed by atoms with Gasteiger partial charge in [0.1, 0.15) is 5.56 Å². The minimum atomic E-state index is -0.691. The third-order valence-corrected chi connectivity index (χ3v) is 4.38. The Morgan fingerprint density at radius 2 is 1.81 bits per heavy atom. The van der Waals surface area contributed by atoms with Crippen molar-refractivity contribution in [1.29, 1.82) is 0 Å². The number of hydrogen-bond donors (Lipinski definition) is 2. The van der Waals surface area contributed by atoms with E-state index in [0.717, 1.165) is 21.3 Å². The SMILES string of the molecule is CC(=NCc1ccccc1)c1c(O)n(-c2ccc(C)cc2C)c(=O)[nH]c1=O. The molecular weight excluding hydrogens is 342 g/mol. The summed E-state index contributed by atoms with van der Waals surface area (Å²) >= 11 is 0. The molecule has 6 heteroatoms. The molecule has 0 spiro atoms. The Morgan fingerprint density at radius 1 is 1.11 bits per heavy atom. The number of aromatic nitrogens is 2. The summed E-state index contributed by atoms with van der Waals surface area (Å²) in [6.07, 6.45) is 0. The highest BCUT2D eigenvalue weighted by atomic mass is 16.3. The lowest BCUT2D eigenvalue weighted by molar-refractivity contribution is 0.429. The van der Waals surface area contributed by atoms with Gasteiger partial charge in [0.05, 0.1) is 17.9 Å². The molecule has 138 valence electrons. The molecule has 6 nitrogen and oxygen atoms in total. The highest BCUT2D eigenvalue weighted by Crippen LogP contribution is 2.21. The lowest BCUT2D eigenvalue weighted by Gasteiger charge is -2.14. The zero-order valence-corrected chi connectivity index (χ0v) is 15.5. The highest BCUT2D eigenvalue weighted by Gasteiger charge is 2.18. The van der Waals surface area contributed by atoms with E-state index in [2.05, 4.69) is 9.98 Å². The van der Waals surface area contributed by atoms with Gasteiger partial charge in [-0.05, 0) is 38.0 Å². The van der Waals surface area contributed by atoms with Crippen molar-refractivity contribution in [1.82, 2.24) is 9.55 Å². The van der Waals surface area contributed by atoms with Gasteiger partial charge in [-0.2, -0.15) is 0 Å². The van der Waals surface area contributed by atoms with E-state index in [9.17, 15) is 14.7 Å². The van der Waals surface area contributed by atoms with E-state index in [-0.39, 0.29) is 5.56 Å². The van der Waals surface area contributed by atoms with E-state index < -0.39 is 17.1 Å². The number of nitrogens with zero attached hydrogens (tertiary/aromatic N) is 2. The number of aromatic amines is 1. The monoisotopic (exact) mass is 363 g/mol. The second-order valence-corrected chi connectivity index (χ2v) is 6.47. The van der Waals surface area contributed by atoms with E-state index >= 15 is 0 Å². The molecule has 2 aromatic carbocycles. The predicted molar refractivity (Wildman–Crippen MR) is 106 cm³/mol. The van der Waals surface area contributed by atoms with Crippen LogP contribution in [0.3, 0.4) is 0 Å². The van der Waals surface area contributed by atoms with Gasteiger partial charge in [0.15, 0.2) is 0 Å². The third kappa shape index (κ3) is 3.74. The van der Waals surface area contributed by atoms with Crippen LogP contribution in [0.1, 0.15) is 29.2 Å². The van der Waals surface area contributed by atoms with Gasteiger partial charge in [0.25, 0.3) is 5.56 Å². The Balaban J connectivity index is 2.12. The number of aliphatic imine (C=N–C) groups is 1. The maximum atomic E-state index is 12.4. The number of aromatic hydroxyl groups is 1. The fraction of sp³-hybridized carbons (Fsp3) is 0.190. The average molecular weight is 363 g/mol. The second-order valence-electron chi connectivity index (χ2n) is 6.47. The first-order valence-corrected chi connectivity index (χ1v) is 8.59. The number of aryl methyl sites for hydroxylation is 2. The van der Waals surface area contributed by atoms with Gasteiger partial charge in [-0.25, -0.2) is 9.36 Å². The molecule has 2 N–H and O–H groups in total. The molecule has 3 rings (SSSR count). The smallest absolute Gasteiger partial charge is 0.335 e. The van der Waals surface area contributed by atoms with Crippen molar-refractivity contribution in [3.8, 4) is 11.6 Å². The molecule has 0 amide bonds. The quantitative estimate of drug-likeness (QED) is 0.699. The summed E-state index contributed by atoms with van der Waals surface area (Å²) in [5.41, 5.74) is 2.34. The van der Waals surface area contributed by atoms with E-state index in [1.807, 2.05) is 56.3 Å². The van der Waals surface area contributed by atoms with Gasteiger partial charge in [-0.3, -0.25) is 14.8 Å². The van der Waals surface area contributed by atoms with Crippen molar-refractivity contribution in [2.24, 2.45) is 4.99 Å². The van der Waals surface area contributed by atoms with Crippen molar-refractivity contribution in [2.45, 2.75) is 27.3 Å². The zero-order chi connectivity index (χ0) is 19.6. The Labute approximate surface area is 156 Å². The van der Waals surface area contributed by atoms with Gasteiger partial charge in [0, 0.05) is 0 Å². The normalized spacial score (nSPS) is 11.6. The summed E-state index contributed by atoms with van der Waals surface area (Å²) < 4.78 is 1.10. The van der Waals surface area contributed by atoms with Crippen LogP contribution < -0.4 is 11.2 Å². The largest absolute Gasteiger partial charge is 0.493 e. The molecule has 1 heterocycles. The fourth-order valence-electron chi connectivity index (χ4n) is 3.00. The number of H-pyrrole nitrogens is 1. The summed E-state index contributed by atoms with van der Waals surface area (Å²) in [6, 6.07) is 15.1. The van der Waals surface area contributed by atoms with Crippen LogP contribution in [0.2, 0.25) is 0 Å². The molecule has 0 aliphatic heterocycles. The van der Waals surface area contributed by atoms with Crippen LogP contribution in [0.4, 0.5) is 0 Å². The Bertz CT molecular complexity index is 1130. The molecule has 0 saturated carbocycles. The van der Waals surface area contributed by atoms with Crippen molar-refractivity contribution < 1.29 is 5.11 Å². The Hall–Kier alpha value is -3.41. The maximum Gasteiger partial charge on any atom is 0.335 e. The Kier molecular flexibility index (Phi) is 5.07. The second kappa shape index (κ2) is 7.45. The lowest BCUT2D eigenvalue weighted by Crippen LogP contribution is -2.33. The average Bonchev–Trinajstić information content (AvgIpc) is 2.62. The van der Waals surface area contributed by atoms with Crippen molar-refractivity contribution in [3.05, 3.63) is 91.6 Å². The molecular formula is C21H21N3O3. The first kappa shape index (κ1) is 18.4. The highest BCUT2D eigenvalue weighted by molar-refractivity contribution is 6.00. The van der Waals surface area contributed by atoms with Crippen molar-refractivity contribution >= 4 is 5.71 Å². The van der Waals surface area contributed by atoms with Crippen LogP contribution in [0.5, 0.6) is 5.88 Å². The summed E-state index contributed by atoms with van der Waals surface area (Å²) in [5.74, 6) is -0.412. The fourth-order valence-corrected chi connectivity index (χ4v) is 3.00. The molecule has 0 unspecified atom stereocenters. The summed E-state index contributed by atoms with van der Waals surface area (Å²) in [5, 5.41) is 10.7. The first-order chi connectivity index (χ1) is 12.9. The molecule has 0 saturated heterocycles. The van der Waals surface area contributed by atoms with Gasteiger partial charge in [-0.1, -0.05) is 48.0 Å². The number of nitrogens with one attached hydrogen (secondary N) is 1. The van der Waals surface area contributed by atoms with Gasteiger partial charge < -0.3 is 5.11 Å². The molecule has 27 heavy (non-hydrogen) atoms. The van der Waals surface area contributed by atoms with Crippen LogP contribution in [-0.2, 0) is 6.54 Å². The standard InChI is InChI=1S/C21H21N3O3/c1-13-9-10-17(14(2)11-13)24-20(26)18(19(25)23-21(24)27)15(3)22-12-16-7-5-4-6-8-16/h4-11,26H,12H2,1-3H3,(H,23,25,27). The molecule has 0 aliphatic carbocycles. The number of rotatable bonds is 4. The van der Waals surface area contributed by atoms with Crippen LogP contribution >= 0.6 is 0 Å². The van der Waals surface area contributed by atoms with E-state index in [1.165, 1.54) is 0 Å². The van der Waals surface area contributed by atoms with E-state index in [1.54, 1.807) is 13.0 Å². The summed E-state index contributed by atoms with van der Waals surface area (Å²) in [7, 11) is 0. The van der Waals surface area contributed by atoms with E-state index in [4.69, 9.17) is 0 Å². The van der Waals surface area contributed by atoms with Gasteiger partial charge in [-0.15, -0.1) is 0 Å². The minimum Gasteiger partial charge on any atom is -0.493 e. The Morgan fingerprint density at radius 3 is 2.48 bits per heavy atom. The predicted octanol–water partition coefficient (Wildman–Crippen LogP) is 2.86. The maximum absolute atomic E-state index is 12.4. The van der Waals surface area contributed by atoms with Crippen LogP contribution in [-0.4, -0.2) is 20.4 Å². The molecule has 0 aliphatic rings. The molecule has 0 bridgehead atoms. The molecule has 0 fully saturated rings. The van der Waals surface area contributed by atoms with Gasteiger partial charge in [0.2, 0.25) is 5.88 Å². The minimum absolute atomic E-state index is 0.00879.